The van der Waals surface area contributed by atoms with Crippen molar-refractivity contribution in [3.8, 4) is 11.5 Å². The summed E-state index contributed by atoms with van der Waals surface area (Å²) in [6, 6.07) is 3.36. The van der Waals surface area contributed by atoms with E-state index in [1.165, 1.54) is 11.3 Å². The molecule has 0 atom stereocenters. The van der Waals surface area contributed by atoms with E-state index in [4.69, 9.17) is 15.2 Å². The van der Waals surface area contributed by atoms with Gasteiger partial charge in [0.25, 0.3) is 5.91 Å². The number of benzene rings is 1. The minimum atomic E-state index is -0.291. The molecule has 2 heterocycles. The molecule has 2 aromatic rings. The lowest BCUT2D eigenvalue weighted by Gasteiger charge is -2.12. The molecule has 3 N–H and O–H groups in total. The number of nitrogens with zero attached hydrogens (tertiary/aromatic N) is 1. The van der Waals surface area contributed by atoms with E-state index in [0.717, 1.165) is 11.4 Å². The Kier molecular flexibility index (Phi) is 3.66. The number of hydrogen-bond acceptors (Lipinski definition) is 6. The van der Waals surface area contributed by atoms with Crippen molar-refractivity contribution in [3.63, 3.8) is 0 Å². The van der Waals surface area contributed by atoms with Gasteiger partial charge in [0.15, 0.2) is 11.5 Å². The first-order chi connectivity index (χ1) is 10.1. The minimum Gasteiger partial charge on any atom is -0.489 e. The van der Waals surface area contributed by atoms with Gasteiger partial charge in [0.05, 0.1) is 29.6 Å². The van der Waals surface area contributed by atoms with Crippen LogP contribution >= 0.6 is 11.3 Å². The topological polar surface area (TPSA) is 86.5 Å². The summed E-state index contributed by atoms with van der Waals surface area (Å²) in [6.07, 6.45) is 0.814. The molecule has 6 nitrogen and oxygen atoms in total. The Morgan fingerprint density at radius 1 is 1.33 bits per heavy atom. The molecular formula is C14H15N3O3S. The second-order valence-corrected chi connectivity index (χ2v) is 5.70. The van der Waals surface area contributed by atoms with Crippen LogP contribution in [0.3, 0.4) is 0 Å². The Morgan fingerprint density at radius 2 is 2.05 bits per heavy atom. The second-order valence-electron chi connectivity index (χ2n) is 4.64. The molecule has 0 unspecified atom stereocenters. The highest BCUT2D eigenvalue weighted by Crippen LogP contribution is 2.36. The molecule has 0 bridgehead atoms. The number of nitrogen functional groups attached to an aromatic ring is 1. The van der Waals surface area contributed by atoms with Gasteiger partial charge in [-0.05, 0) is 6.92 Å². The highest BCUT2D eigenvalue weighted by atomic mass is 32.1. The quantitative estimate of drug-likeness (QED) is 0.832. The van der Waals surface area contributed by atoms with Crippen molar-refractivity contribution >= 4 is 28.6 Å². The van der Waals surface area contributed by atoms with Crippen LogP contribution in [0.1, 0.15) is 21.9 Å². The maximum absolute atomic E-state index is 12.1. The number of amides is 1. The molecule has 1 aliphatic rings. The summed E-state index contributed by atoms with van der Waals surface area (Å²) < 4.78 is 11.1. The number of aryl methyl sites for hydroxylation is 1. The number of fused-ring (bicyclic) bond motifs is 1. The standard InChI is InChI=1S/C14H15N3O3S/c1-8-16-11(7-21-8)14(18)17-10-6-13-12(5-9(10)15)19-3-2-4-20-13/h5-7H,2-4,15H2,1H3,(H,17,18). The first-order valence-electron chi connectivity index (χ1n) is 6.56. The molecule has 3 rings (SSSR count). The monoisotopic (exact) mass is 305 g/mol. The zero-order chi connectivity index (χ0) is 14.8. The normalized spacial score (nSPS) is 13.6. The summed E-state index contributed by atoms with van der Waals surface area (Å²) in [7, 11) is 0. The van der Waals surface area contributed by atoms with Gasteiger partial charge in [-0.25, -0.2) is 4.98 Å². The molecule has 0 saturated carbocycles. The van der Waals surface area contributed by atoms with Crippen LogP contribution in [0.5, 0.6) is 11.5 Å². The third-order valence-corrected chi connectivity index (χ3v) is 3.79. The molecule has 1 aromatic carbocycles. The number of anilines is 2. The molecule has 0 spiro atoms. The number of aromatic nitrogens is 1. The highest BCUT2D eigenvalue weighted by molar-refractivity contribution is 7.09. The number of carbonyl (C=O) groups is 1. The molecule has 0 saturated heterocycles. The van der Waals surface area contributed by atoms with E-state index in [-0.39, 0.29) is 5.91 Å². The van der Waals surface area contributed by atoms with E-state index in [0.29, 0.717) is 41.8 Å². The fourth-order valence-corrected chi connectivity index (χ4v) is 2.58. The van der Waals surface area contributed by atoms with E-state index in [9.17, 15) is 4.79 Å². The summed E-state index contributed by atoms with van der Waals surface area (Å²) in [5.74, 6) is 0.902. The summed E-state index contributed by atoms with van der Waals surface area (Å²) in [5, 5.41) is 5.31. The van der Waals surface area contributed by atoms with Crippen molar-refractivity contribution in [2.75, 3.05) is 24.3 Å². The van der Waals surface area contributed by atoms with Crippen LogP contribution in [0.4, 0.5) is 11.4 Å². The fourth-order valence-electron chi connectivity index (χ4n) is 1.99. The van der Waals surface area contributed by atoms with Crippen LogP contribution in [0.25, 0.3) is 0 Å². The first-order valence-corrected chi connectivity index (χ1v) is 7.44. The molecule has 110 valence electrons. The van der Waals surface area contributed by atoms with Gasteiger partial charge in [-0.15, -0.1) is 11.3 Å². The van der Waals surface area contributed by atoms with Gasteiger partial charge in [0.1, 0.15) is 5.69 Å². The lowest BCUT2D eigenvalue weighted by molar-refractivity contribution is 0.102. The minimum absolute atomic E-state index is 0.291. The number of thiazole rings is 1. The predicted octanol–water partition coefficient (Wildman–Crippen LogP) is 2.45. The van der Waals surface area contributed by atoms with Crippen molar-refractivity contribution in [2.24, 2.45) is 0 Å². The molecule has 0 fully saturated rings. The smallest absolute Gasteiger partial charge is 0.275 e. The Hall–Kier alpha value is -2.28. The van der Waals surface area contributed by atoms with Crippen molar-refractivity contribution in [1.29, 1.82) is 0 Å². The first kappa shape index (κ1) is 13.7. The number of nitrogens with two attached hydrogens (primary N) is 1. The predicted molar refractivity (Wildman–Crippen MR) is 81.3 cm³/mol. The number of ether oxygens (including phenoxy) is 2. The third-order valence-electron chi connectivity index (χ3n) is 3.02. The Morgan fingerprint density at radius 3 is 2.71 bits per heavy atom. The highest BCUT2D eigenvalue weighted by Gasteiger charge is 2.16. The molecular weight excluding hydrogens is 290 g/mol. The van der Waals surface area contributed by atoms with Crippen LogP contribution in [0, 0.1) is 6.92 Å². The average molecular weight is 305 g/mol. The molecule has 0 radical (unpaired) electrons. The van der Waals surface area contributed by atoms with Crippen molar-refractivity contribution in [3.05, 3.63) is 28.2 Å². The van der Waals surface area contributed by atoms with E-state index in [2.05, 4.69) is 10.3 Å². The van der Waals surface area contributed by atoms with Gasteiger partial charge < -0.3 is 20.5 Å². The van der Waals surface area contributed by atoms with Crippen molar-refractivity contribution < 1.29 is 14.3 Å². The van der Waals surface area contributed by atoms with Crippen LogP contribution in [-0.2, 0) is 0 Å². The maximum Gasteiger partial charge on any atom is 0.275 e. The van der Waals surface area contributed by atoms with Crippen LogP contribution in [-0.4, -0.2) is 24.1 Å². The summed E-state index contributed by atoms with van der Waals surface area (Å²) in [4.78, 5) is 16.3. The van der Waals surface area contributed by atoms with Crippen LogP contribution in [0.2, 0.25) is 0 Å². The lowest BCUT2D eigenvalue weighted by atomic mass is 10.2. The van der Waals surface area contributed by atoms with Gasteiger partial charge in [-0.1, -0.05) is 0 Å². The Labute approximate surface area is 125 Å². The van der Waals surface area contributed by atoms with Crippen LogP contribution in [0.15, 0.2) is 17.5 Å². The summed E-state index contributed by atoms with van der Waals surface area (Å²) >= 11 is 1.43. The Balaban J connectivity index is 1.85. The second kappa shape index (κ2) is 5.61. The zero-order valence-electron chi connectivity index (χ0n) is 11.5. The van der Waals surface area contributed by atoms with Gasteiger partial charge in [0, 0.05) is 23.9 Å². The lowest BCUT2D eigenvalue weighted by Crippen LogP contribution is -2.14. The van der Waals surface area contributed by atoms with Gasteiger partial charge in [0.2, 0.25) is 0 Å². The molecule has 7 heteroatoms. The third kappa shape index (κ3) is 2.92. The van der Waals surface area contributed by atoms with E-state index >= 15 is 0 Å². The van der Waals surface area contributed by atoms with E-state index in [1.54, 1.807) is 17.5 Å². The Bertz CT molecular complexity index is 684. The average Bonchev–Trinajstić information content (AvgIpc) is 2.76. The number of nitrogens with one attached hydrogen (secondary N) is 1. The van der Waals surface area contributed by atoms with Crippen molar-refractivity contribution in [1.82, 2.24) is 4.98 Å². The molecule has 1 aliphatic heterocycles. The van der Waals surface area contributed by atoms with E-state index in [1.807, 2.05) is 6.92 Å². The SMILES string of the molecule is Cc1nc(C(=O)Nc2cc3c(cc2N)OCCCO3)cs1. The van der Waals surface area contributed by atoms with Gasteiger partial charge >= 0.3 is 0 Å². The number of rotatable bonds is 2. The maximum atomic E-state index is 12.1. The summed E-state index contributed by atoms with van der Waals surface area (Å²) in [5.41, 5.74) is 7.26. The number of carbonyl (C=O) groups excluding carboxylic acids is 1. The molecule has 21 heavy (non-hydrogen) atoms. The largest absolute Gasteiger partial charge is 0.489 e. The molecule has 1 amide bonds. The summed E-state index contributed by atoms with van der Waals surface area (Å²) in [6.45, 7) is 3.02. The molecule has 0 aliphatic carbocycles. The van der Waals surface area contributed by atoms with Crippen molar-refractivity contribution in [2.45, 2.75) is 13.3 Å². The number of hydrogen-bond donors (Lipinski definition) is 2. The van der Waals surface area contributed by atoms with Gasteiger partial charge in [-0.2, -0.15) is 0 Å². The van der Waals surface area contributed by atoms with E-state index < -0.39 is 0 Å². The zero-order valence-corrected chi connectivity index (χ0v) is 12.3. The fraction of sp³-hybridized carbons (Fsp3) is 0.286. The van der Waals surface area contributed by atoms with Gasteiger partial charge in [-0.3, -0.25) is 4.79 Å². The molecule has 1 aromatic heterocycles. The van der Waals surface area contributed by atoms with Crippen LogP contribution < -0.4 is 20.5 Å².